The maximum absolute atomic E-state index is 12.1. The van der Waals surface area contributed by atoms with E-state index in [4.69, 9.17) is 4.74 Å². The van der Waals surface area contributed by atoms with Crippen LogP contribution in [0.1, 0.15) is 5.82 Å². The second-order valence-electron chi connectivity index (χ2n) is 4.19. The van der Waals surface area contributed by atoms with Crippen molar-refractivity contribution < 1.29 is 9.53 Å². The zero-order chi connectivity index (χ0) is 12.3. The van der Waals surface area contributed by atoms with Crippen LogP contribution in [-0.2, 0) is 18.3 Å². The number of carbonyl (C=O) groups is 1. The molecule has 0 atom stereocenters. The van der Waals surface area contributed by atoms with E-state index in [9.17, 15) is 4.79 Å². The summed E-state index contributed by atoms with van der Waals surface area (Å²) in [4.78, 5) is 19.8. The third-order valence-corrected chi connectivity index (χ3v) is 2.91. The summed E-state index contributed by atoms with van der Waals surface area (Å²) in [5.41, 5.74) is 0. The van der Waals surface area contributed by atoms with E-state index in [1.165, 1.54) is 0 Å². The summed E-state index contributed by atoms with van der Waals surface area (Å²) in [5, 5.41) is 0. The number of nitrogens with zero attached hydrogens (tertiary/aromatic N) is 4. The molecule has 1 aromatic rings. The number of morpholine rings is 1. The molecule has 0 unspecified atom stereocenters. The topological polar surface area (TPSA) is 50.6 Å². The molecule has 17 heavy (non-hydrogen) atoms. The quantitative estimate of drug-likeness (QED) is 0.745. The molecule has 0 saturated carbocycles. The van der Waals surface area contributed by atoms with Gasteiger partial charge in [-0.2, -0.15) is 0 Å². The Balaban J connectivity index is 1.93. The Kier molecular flexibility index (Phi) is 3.63. The fourth-order valence-corrected chi connectivity index (χ4v) is 1.82. The lowest BCUT2D eigenvalue weighted by Crippen LogP contribution is -2.46. The predicted molar refractivity (Wildman–Crippen MR) is 62.5 cm³/mol. The molecule has 2 heterocycles. The average molecular weight is 238 g/mol. The van der Waals surface area contributed by atoms with Gasteiger partial charge in [-0.25, -0.2) is 9.78 Å². The minimum atomic E-state index is 0.0382. The van der Waals surface area contributed by atoms with Gasteiger partial charge in [0.15, 0.2) is 0 Å². The number of urea groups is 1. The number of ether oxygens (including phenoxy) is 1. The molecule has 0 aromatic carbocycles. The Hall–Kier alpha value is -1.56. The van der Waals surface area contributed by atoms with Gasteiger partial charge >= 0.3 is 6.03 Å². The minimum Gasteiger partial charge on any atom is -0.378 e. The van der Waals surface area contributed by atoms with E-state index in [1.807, 2.05) is 22.7 Å². The highest BCUT2D eigenvalue weighted by Gasteiger charge is 2.20. The minimum absolute atomic E-state index is 0.0382. The van der Waals surface area contributed by atoms with Crippen molar-refractivity contribution in [3.63, 3.8) is 0 Å². The number of hydrogen-bond donors (Lipinski definition) is 0. The zero-order valence-corrected chi connectivity index (χ0v) is 10.3. The van der Waals surface area contributed by atoms with Crippen LogP contribution < -0.4 is 0 Å². The Morgan fingerprint density at radius 1 is 1.53 bits per heavy atom. The Morgan fingerprint density at radius 2 is 2.24 bits per heavy atom. The van der Waals surface area contributed by atoms with Crippen LogP contribution in [0.4, 0.5) is 4.79 Å². The SMILES string of the molecule is CN(Cc1nccn1C)C(=O)N1CCOCC1. The van der Waals surface area contributed by atoms with Gasteiger partial charge in [0.2, 0.25) is 0 Å². The van der Waals surface area contributed by atoms with Gasteiger partial charge in [0.05, 0.1) is 19.8 Å². The first-order valence-electron chi connectivity index (χ1n) is 5.72. The molecule has 6 heteroatoms. The van der Waals surface area contributed by atoms with Gasteiger partial charge < -0.3 is 19.1 Å². The number of aromatic nitrogens is 2. The highest BCUT2D eigenvalue weighted by atomic mass is 16.5. The second-order valence-corrected chi connectivity index (χ2v) is 4.19. The standard InChI is InChI=1S/C11H18N4O2/c1-13-4-3-12-10(13)9-14(2)11(16)15-5-7-17-8-6-15/h3-4H,5-9H2,1-2H3. The van der Waals surface area contributed by atoms with E-state index in [0.717, 1.165) is 5.82 Å². The normalized spacial score (nSPS) is 16.0. The number of imidazole rings is 1. The molecule has 2 rings (SSSR count). The van der Waals surface area contributed by atoms with Crippen molar-refractivity contribution in [1.82, 2.24) is 19.4 Å². The first-order chi connectivity index (χ1) is 8.18. The van der Waals surface area contributed by atoms with E-state index < -0.39 is 0 Å². The molecule has 6 nitrogen and oxygen atoms in total. The van der Waals surface area contributed by atoms with Crippen molar-refractivity contribution in [2.75, 3.05) is 33.4 Å². The molecular formula is C11H18N4O2. The average Bonchev–Trinajstić information content (AvgIpc) is 2.75. The van der Waals surface area contributed by atoms with Crippen molar-refractivity contribution in [3.8, 4) is 0 Å². The van der Waals surface area contributed by atoms with E-state index in [0.29, 0.717) is 32.8 Å². The number of carbonyl (C=O) groups excluding carboxylic acids is 1. The number of rotatable bonds is 2. The van der Waals surface area contributed by atoms with Crippen molar-refractivity contribution >= 4 is 6.03 Å². The Bertz CT molecular complexity index is 385. The smallest absolute Gasteiger partial charge is 0.320 e. The number of hydrogen-bond acceptors (Lipinski definition) is 3. The molecule has 0 spiro atoms. The van der Waals surface area contributed by atoms with Gasteiger partial charge in [0.25, 0.3) is 0 Å². The summed E-state index contributed by atoms with van der Waals surface area (Å²) in [7, 11) is 3.72. The lowest BCUT2D eigenvalue weighted by atomic mass is 10.4. The van der Waals surface area contributed by atoms with Crippen LogP contribution >= 0.6 is 0 Å². The van der Waals surface area contributed by atoms with Crippen LogP contribution in [0.3, 0.4) is 0 Å². The highest BCUT2D eigenvalue weighted by molar-refractivity contribution is 5.74. The first-order valence-corrected chi connectivity index (χ1v) is 5.72. The van der Waals surface area contributed by atoms with Crippen molar-refractivity contribution in [2.45, 2.75) is 6.54 Å². The van der Waals surface area contributed by atoms with Crippen LogP contribution in [-0.4, -0.2) is 58.7 Å². The molecule has 1 saturated heterocycles. The van der Waals surface area contributed by atoms with E-state index in [2.05, 4.69) is 4.98 Å². The molecule has 0 radical (unpaired) electrons. The zero-order valence-electron chi connectivity index (χ0n) is 10.3. The van der Waals surface area contributed by atoms with E-state index in [1.54, 1.807) is 18.1 Å². The molecular weight excluding hydrogens is 220 g/mol. The third kappa shape index (κ3) is 2.76. The number of aryl methyl sites for hydroxylation is 1. The van der Waals surface area contributed by atoms with Crippen LogP contribution in [0, 0.1) is 0 Å². The van der Waals surface area contributed by atoms with Gasteiger partial charge in [-0.1, -0.05) is 0 Å². The van der Waals surface area contributed by atoms with Crippen molar-refractivity contribution in [2.24, 2.45) is 7.05 Å². The monoisotopic (exact) mass is 238 g/mol. The molecule has 0 bridgehead atoms. The van der Waals surface area contributed by atoms with Gasteiger partial charge in [0, 0.05) is 39.6 Å². The fraction of sp³-hybridized carbons (Fsp3) is 0.636. The summed E-state index contributed by atoms with van der Waals surface area (Å²) in [5.74, 6) is 0.883. The molecule has 1 aliphatic rings. The summed E-state index contributed by atoms with van der Waals surface area (Å²) >= 11 is 0. The van der Waals surface area contributed by atoms with Gasteiger partial charge in [-0.05, 0) is 0 Å². The Labute approximate surface area is 101 Å². The molecule has 0 aliphatic carbocycles. The van der Waals surface area contributed by atoms with Gasteiger partial charge in [0.1, 0.15) is 5.82 Å². The summed E-state index contributed by atoms with van der Waals surface area (Å²) < 4.78 is 7.15. The number of amides is 2. The third-order valence-electron chi connectivity index (χ3n) is 2.91. The van der Waals surface area contributed by atoms with Crippen LogP contribution in [0.5, 0.6) is 0 Å². The van der Waals surface area contributed by atoms with Crippen LogP contribution in [0.15, 0.2) is 12.4 Å². The maximum Gasteiger partial charge on any atom is 0.320 e. The second kappa shape index (κ2) is 5.18. The Morgan fingerprint density at radius 3 is 2.82 bits per heavy atom. The molecule has 1 aromatic heterocycles. The summed E-state index contributed by atoms with van der Waals surface area (Å²) in [6.07, 6.45) is 3.62. The predicted octanol–water partition coefficient (Wildman–Crippen LogP) is 0.304. The molecule has 2 amide bonds. The fourth-order valence-electron chi connectivity index (χ4n) is 1.82. The summed E-state index contributed by atoms with van der Waals surface area (Å²) in [6.45, 7) is 3.12. The van der Waals surface area contributed by atoms with Crippen LogP contribution in [0.2, 0.25) is 0 Å². The maximum atomic E-state index is 12.1. The lowest BCUT2D eigenvalue weighted by molar-refractivity contribution is 0.0446. The van der Waals surface area contributed by atoms with Crippen LogP contribution in [0.25, 0.3) is 0 Å². The van der Waals surface area contributed by atoms with E-state index >= 15 is 0 Å². The highest BCUT2D eigenvalue weighted by Crippen LogP contribution is 2.05. The molecule has 1 fully saturated rings. The van der Waals surface area contributed by atoms with Gasteiger partial charge in [-0.15, -0.1) is 0 Å². The summed E-state index contributed by atoms with van der Waals surface area (Å²) in [6, 6.07) is 0.0382. The largest absolute Gasteiger partial charge is 0.378 e. The van der Waals surface area contributed by atoms with Gasteiger partial charge in [-0.3, -0.25) is 0 Å². The van der Waals surface area contributed by atoms with Crippen molar-refractivity contribution in [1.29, 1.82) is 0 Å². The molecule has 94 valence electrons. The lowest BCUT2D eigenvalue weighted by Gasteiger charge is -2.30. The van der Waals surface area contributed by atoms with E-state index in [-0.39, 0.29) is 6.03 Å². The molecule has 1 aliphatic heterocycles. The molecule has 0 N–H and O–H groups in total. The first kappa shape index (κ1) is 11.9. The van der Waals surface area contributed by atoms with Crippen molar-refractivity contribution in [3.05, 3.63) is 18.2 Å².